The number of hydrogen-bond donors (Lipinski definition) is 0. The number of carbonyl (C=O) groups excluding carboxylic acids is 2. The van der Waals surface area contributed by atoms with Crippen LogP contribution in [0.25, 0.3) is 0 Å². The predicted molar refractivity (Wildman–Crippen MR) is 98.4 cm³/mol. The fourth-order valence-corrected chi connectivity index (χ4v) is 2.42. The predicted octanol–water partition coefficient (Wildman–Crippen LogP) is 5.68. The third-order valence-electron chi connectivity index (χ3n) is 5.00. The number of ketones is 1. The lowest BCUT2D eigenvalue weighted by Gasteiger charge is -2.27. The summed E-state index contributed by atoms with van der Waals surface area (Å²) >= 11 is 0. The molecule has 134 valence electrons. The minimum atomic E-state index is -0.463. The molecule has 0 aliphatic rings. The van der Waals surface area contributed by atoms with Crippen LogP contribution in [-0.2, 0) is 4.74 Å². The maximum Gasteiger partial charge on any atom is 0.338 e. The SMILES string of the molecule is CCCCC(CC)OC(=O)c1cccc(C(=O)C(C)(C)C(C)C)c1. The fraction of sp³-hybridized carbons (Fsp3) is 0.619. The van der Waals surface area contributed by atoms with Crippen molar-refractivity contribution in [2.75, 3.05) is 0 Å². The molecule has 0 saturated heterocycles. The molecule has 1 unspecified atom stereocenters. The minimum absolute atomic E-state index is 0.0519. The van der Waals surface area contributed by atoms with E-state index in [1.54, 1.807) is 24.3 Å². The third-order valence-corrected chi connectivity index (χ3v) is 5.00. The fourth-order valence-electron chi connectivity index (χ4n) is 2.42. The van der Waals surface area contributed by atoms with Gasteiger partial charge in [-0.1, -0.05) is 66.5 Å². The highest BCUT2D eigenvalue weighted by Gasteiger charge is 2.32. The Bertz CT molecular complexity index is 558. The average Bonchev–Trinajstić information content (AvgIpc) is 2.57. The van der Waals surface area contributed by atoms with Crippen molar-refractivity contribution >= 4 is 11.8 Å². The highest BCUT2D eigenvalue weighted by molar-refractivity contribution is 6.02. The largest absolute Gasteiger partial charge is 0.459 e. The third kappa shape index (κ3) is 5.19. The normalized spacial score (nSPS) is 13.0. The first-order chi connectivity index (χ1) is 11.2. The van der Waals surface area contributed by atoms with Crippen molar-refractivity contribution in [2.24, 2.45) is 11.3 Å². The van der Waals surface area contributed by atoms with Gasteiger partial charge in [-0.15, -0.1) is 0 Å². The van der Waals surface area contributed by atoms with E-state index in [0.29, 0.717) is 11.1 Å². The van der Waals surface area contributed by atoms with Gasteiger partial charge < -0.3 is 4.74 Å². The van der Waals surface area contributed by atoms with E-state index in [2.05, 4.69) is 6.92 Å². The molecule has 0 amide bonds. The number of ether oxygens (including phenoxy) is 1. The van der Waals surface area contributed by atoms with Crippen molar-refractivity contribution in [1.29, 1.82) is 0 Å². The molecule has 24 heavy (non-hydrogen) atoms. The van der Waals surface area contributed by atoms with Gasteiger partial charge >= 0.3 is 5.97 Å². The first-order valence-corrected chi connectivity index (χ1v) is 9.09. The Kier molecular flexibility index (Phi) is 7.65. The molecule has 3 nitrogen and oxygen atoms in total. The van der Waals surface area contributed by atoms with Crippen LogP contribution in [-0.4, -0.2) is 17.9 Å². The number of hydrogen-bond acceptors (Lipinski definition) is 3. The highest BCUT2D eigenvalue weighted by atomic mass is 16.5. The summed E-state index contributed by atoms with van der Waals surface area (Å²) in [7, 11) is 0. The van der Waals surface area contributed by atoms with Gasteiger partial charge in [0.25, 0.3) is 0 Å². The molecule has 0 radical (unpaired) electrons. The van der Waals surface area contributed by atoms with Crippen molar-refractivity contribution in [3.05, 3.63) is 35.4 Å². The second-order valence-corrected chi connectivity index (χ2v) is 7.36. The van der Waals surface area contributed by atoms with Gasteiger partial charge in [-0.3, -0.25) is 4.79 Å². The van der Waals surface area contributed by atoms with Gasteiger partial charge in [-0.25, -0.2) is 4.79 Å². The van der Waals surface area contributed by atoms with Gasteiger partial charge in [-0.05, 0) is 30.9 Å². The van der Waals surface area contributed by atoms with E-state index in [-0.39, 0.29) is 23.8 Å². The topological polar surface area (TPSA) is 43.4 Å². The average molecular weight is 332 g/mol. The number of benzene rings is 1. The molecule has 1 rings (SSSR count). The van der Waals surface area contributed by atoms with Gasteiger partial charge in [0.1, 0.15) is 6.10 Å². The first kappa shape index (κ1) is 20.4. The van der Waals surface area contributed by atoms with E-state index < -0.39 is 5.41 Å². The number of unbranched alkanes of at least 4 members (excludes halogenated alkanes) is 1. The number of esters is 1. The minimum Gasteiger partial charge on any atom is -0.459 e. The quantitative estimate of drug-likeness (QED) is 0.432. The van der Waals surface area contributed by atoms with E-state index in [9.17, 15) is 9.59 Å². The number of Topliss-reactive ketones (excluding diaryl/α,β-unsaturated/α-hetero) is 1. The summed E-state index contributed by atoms with van der Waals surface area (Å²) in [5.74, 6) is -0.0562. The lowest BCUT2D eigenvalue weighted by molar-refractivity contribution is 0.0268. The van der Waals surface area contributed by atoms with Crippen LogP contribution in [0, 0.1) is 11.3 Å². The van der Waals surface area contributed by atoms with Gasteiger partial charge in [0.05, 0.1) is 5.56 Å². The molecule has 0 aromatic heterocycles. The molecule has 0 fully saturated rings. The standard InChI is InChI=1S/C21H32O3/c1-7-9-13-18(8-2)24-20(23)17-12-10-11-16(14-17)19(22)21(5,6)15(3)4/h10-12,14-15,18H,7-9,13H2,1-6H3. The summed E-state index contributed by atoms with van der Waals surface area (Å²) in [6.45, 7) is 12.1. The summed E-state index contributed by atoms with van der Waals surface area (Å²) in [6, 6.07) is 6.92. The summed E-state index contributed by atoms with van der Waals surface area (Å²) in [6.07, 6.45) is 3.78. The summed E-state index contributed by atoms with van der Waals surface area (Å²) in [5, 5.41) is 0. The van der Waals surface area contributed by atoms with Crippen LogP contribution in [0.15, 0.2) is 24.3 Å². The van der Waals surface area contributed by atoms with Crippen LogP contribution >= 0.6 is 0 Å². The lowest BCUT2D eigenvalue weighted by Crippen LogP contribution is -2.30. The Balaban J connectivity index is 2.91. The summed E-state index contributed by atoms with van der Waals surface area (Å²) in [4.78, 5) is 25.2. The summed E-state index contributed by atoms with van der Waals surface area (Å²) in [5.41, 5.74) is 0.565. The van der Waals surface area contributed by atoms with Crippen molar-refractivity contribution in [3.8, 4) is 0 Å². The molecule has 0 saturated carbocycles. The number of carbonyl (C=O) groups is 2. The van der Waals surface area contributed by atoms with Crippen molar-refractivity contribution in [3.63, 3.8) is 0 Å². The van der Waals surface area contributed by atoms with Gasteiger partial charge in [0.2, 0.25) is 0 Å². The molecule has 1 atom stereocenters. The molecule has 0 aliphatic carbocycles. The van der Waals surface area contributed by atoms with Crippen LogP contribution in [0.4, 0.5) is 0 Å². The van der Waals surface area contributed by atoms with E-state index in [4.69, 9.17) is 4.74 Å². The molecule has 1 aromatic rings. The molecule has 0 spiro atoms. The Morgan fingerprint density at radius 2 is 1.75 bits per heavy atom. The first-order valence-electron chi connectivity index (χ1n) is 9.09. The zero-order valence-electron chi connectivity index (χ0n) is 16.0. The van der Waals surface area contributed by atoms with Crippen molar-refractivity contribution in [2.45, 2.75) is 73.3 Å². The van der Waals surface area contributed by atoms with E-state index in [0.717, 1.165) is 25.7 Å². The highest BCUT2D eigenvalue weighted by Crippen LogP contribution is 2.30. The lowest BCUT2D eigenvalue weighted by atomic mass is 9.75. The van der Waals surface area contributed by atoms with Crippen molar-refractivity contribution < 1.29 is 14.3 Å². The van der Waals surface area contributed by atoms with E-state index >= 15 is 0 Å². The van der Waals surface area contributed by atoms with Crippen LogP contribution < -0.4 is 0 Å². The second-order valence-electron chi connectivity index (χ2n) is 7.36. The molecule has 0 heterocycles. The van der Waals surface area contributed by atoms with Crippen LogP contribution in [0.3, 0.4) is 0 Å². The molecular formula is C21H32O3. The van der Waals surface area contributed by atoms with Crippen molar-refractivity contribution in [1.82, 2.24) is 0 Å². The molecule has 0 bridgehead atoms. The summed E-state index contributed by atoms with van der Waals surface area (Å²) < 4.78 is 5.61. The molecular weight excluding hydrogens is 300 g/mol. The van der Waals surface area contributed by atoms with Crippen LogP contribution in [0.1, 0.15) is 87.9 Å². The van der Waals surface area contributed by atoms with Crippen LogP contribution in [0.5, 0.6) is 0 Å². The van der Waals surface area contributed by atoms with E-state index in [1.807, 2.05) is 34.6 Å². The Hall–Kier alpha value is -1.64. The molecule has 3 heteroatoms. The Morgan fingerprint density at radius 1 is 1.12 bits per heavy atom. The smallest absolute Gasteiger partial charge is 0.338 e. The second kappa shape index (κ2) is 9.00. The maximum absolute atomic E-state index is 12.8. The molecule has 1 aromatic carbocycles. The molecule has 0 N–H and O–H groups in total. The maximum atomic E-state index is 12.8. The van der Waals surface area contributed by atoms with Gasteiger partial charge in [0, 0.05) is 11.0 Å². The number of rotatable bonds is 9. The monoisotopic (exact) mass is 332 g/mol. The Morgan fingerprint density at radius 3 is 2.29 bits per heavy atom. The van der Waals surface area contributed by atoms with E-state index in [1.165, 1.54) is 0 Å². The van der Waals surface area contributed by atoms with Gasteiger partial charge in [0.15, 0.2) is 5.78 Å². The molecule has 0 aliphatic heterocycles. The van der Waals surface area contributed by atoms with Gasteiger partial charge in [-0.2, -0.15) is 0 Å². The van der Waals surface area contributed by atoms with Crippen LogP contribution in [0.2, 0.25) is 0 Å². The zero-order chi connectivity index (χ0) is 18.3. The Labute approximate surface area is 146 Å². The zero-order valence-corrected chi connectivity index (χ0v) is 16.0.